The molecule has 0 aliphatic rings. The van der Waals surface area contributed by atoms with Crippen LogP contribution in [-0.4, -0.2) is 32.3 Å². The van der Waals surface area contributed by atoms with Crippen molar-refractivity contribution in [3.63, 3.8) is 0 Å². The van der Waals surface area contributed by atoms with Gasteiger partial charge >= 0.3 is 5.97 Å². The molecule has 0 heterocycles. The van der Waals surface area contributed by atoms with Crippen LogP contribution < -0.4 is 14.8 Å². The van der Waals surface area contributed by atoms with Crippen LogP contribution in [-0.2, 0) is 4.79 Å². The quantitative estimate of drug-likeness (QED) is 0.752. The average Bonchev–Trinajstić information content (AvgIpc) is 2.39. The van der Waals surface area contributed by atoms with Crippen LogP contribution in [0.2, 0.25) is 0 Å². The van der Waals surface area contributed by atoms with Crippen LogP contribution >= 0.6 is 0 Å². The molecule has 0 amide bonds. The van der Waals surface area contributed by atoms with Gasteiger partial charge in [0.05, 0.1) is 20.3 Å². The molecule has 2 N–H and O–H groups in total. The van der Waals surface area contributed by atoms with Crippen LogP contribution in [0.5, 0.6) is 11.5 Å². The monoisotopic (exact) mass is 251 g/mol. The van der Waals surface area contributed by atoms with Crippen molar-refractivity contribution in [2.24, 2.45) is 0 Å². The Labute approximate surface area is 106 Å². The number of carbonyl (C=O) groups is 1. The summed E-state index contributed by atoms with van der Waals surface area (Å²) in [4.78, 5) is 10.5. The number of benzene rings is 1. The molecule has 0 bridgehead atoms. The Morgan fingerprint density at radius 2 is 2.11 bits per heavy atom. The number of carboxylic acid groups (broad SMARTS) is 1. The normalized spacial score (nSPS) is 12.4. The van der Waals surface area contributed by atoms with E-state index in [1.165, 1.54) is 0 Å². The molecule has 1 aromatic carbocycles. The van der Waals surface area contributed by atoms with Crippen molar-refractivity contribution in [3.8, 4) is 11.5 Å². The lowest BCUT2D eigenvalue weighted by Gasteiger charge is -2.16. The van der Waals surface area contributed by atoms with E-state index in [1.54, 1.807) is 39.5 Å². The first-order chi connectivity index (χ1) is 8.62. The van der Waals surface area contributed by atoms with Crippen molar-refractivity contribution in [1.82, 2.24) is 5.32 Å². The number of carboxylic acids is 1. The van der Waals surface area contributed by atoms with Gasteiger partial charge in [-0.1, -0.05) is 6.08 Å². The lowest BCUT2D eigenvalue weighted by Crippen LogP contribution is -2.15. The van der Waals surface area contributed by atoms with Gasteiger partial charge in [-0.05, 0) is 19.2 Å². The minimum absolute atomic E-state index is 0.234. The molecule has 0 aliphatic carbocycles. The number of ether oxygens (including phenoxy) is 2. The second-order valence-corrected chi connectivity index (χ2v) is 3.57. The molecule has 1 rings (SSSR count). The van der Waals surface area contributed by atoms with Gasteiger partial charge in [-0.2, -0.15) is 0 Å². The summed E-state index contributed by atoms with van der Waals surface area (Å²) in [6, 6.07) is 5.16. The summed E-state index contributed by atoms with van der Waals surface area (Å²) in [5, 5.41) is 11.7. The molecular weight excluding hydrogens is 234 g/mol. The van der Waals surface area contributed by atoms with E-state index in [2.05, 4.69) is 5.32 Å². The number of hydrogen-bond donors (Lipinski definition) is 2. The number of methoxy groups -OCH3 is 2. The first kappa shape index (κ1) is 14.1. The maximum atomic E-state index is 10.5. The van der Waals surface area contributed by atoms with Crippen molar-refractivity contribution >= 4 is 5.97 Å². The summed E-state index contributed by atoms with van der Waals surface area (Å²) in [6.45, 7) is 0. The van der Waals surface area contributed by atoms with E-state index in [1.807, 2.05) is 6.07 Å². The van der Waals surface area contributed by atoms with Crippen LogP contribution in [0.15, 0.2) is 30.4 Å². The van der Waals surface area contributed by atoms with Crippen molar-refractivity contribution in [3.05, 3.63) is 35.9 Å². The summed E-state index contributed by atoms with van der Waals surface area (Å²) >= 11 is 0. The molecule has 5 nitrogen and oxygen atoms in total. The van der Waals surface area contributed by atoms with Gasteiger partial charge in [-0.15, -0.1) is 0 Å². The first-order valence-electron chi connectivity index (χ1n) is 5.42. The fourth-order valence-corrected chi connectivity index (χ4v) is 1.61. The lowest BCUT2D eigenvalue weighted by atomic mass is 10.0. The van der Waals surface area contributed by atoms with Crippen LogP contribution in [0.1, 0.15) is 11.6 Å². The number of nitrogens with one attached hydrogen (secondary N) is 1. The van der Waals surface area contributed by atoms with Crippen LogP contribution in [0, 0.1) is 0 Å². The minimum atomic E-state index is -0.984. The second kappa shape index (κ2) is 6.66. The lowest BCUT2D eigenvalue weighted by molar-refractivity contribution is -0.131. The topological polar surface area (TPSA) is 67.8 Å². The van der Waals surface area contributed by atoms with E-state index in [4.69, 9.17) is 14.6 Å². The van der Waals surface area contributed by atoms with Gasteiger partial charge in [0.2, 0.25) is 0 Å². The van der Waals surface area contributed by atoms with E-state index in [0.717, 1.165) is 11.6 Å². The third-order valence-corrected chi connectivity index (χ3v) is 2.52. The van der Waals surface area contributed by atoms with E-state index in [9.17, 15) is 4.79 Å². The maximum Gasteiger partial charge on any atom is 0.328 e. The van der Waals surface area contributed by atoms with E-state index in [-0.39, 0.29) is 6.04 Å². The zero-order chi connectivity index (χ0) is 13.5. The molecule has 1 atom stereocenters. The highest BCUT2D eigenvalue weighted by molar-refractivity contribution is 5.79. The highest BCUT2D eigenvalue weighted by Gasteiger charge is 2.12. The Kier molecular flexibility index (Phi) is 5.20. The molecular formula is C13H17NO4. The van der Waals surface area contributed by atoms with Crippen molar-refractivity contribution in [2.75, 3.05) is 21.3 Å². The number of aliphatic carboxylic acids is 1. The summed E-state index contributed by atoms with van der Waals surface area (Å²) in [5.41, 5.74) is 0.846. The Morgan fingerprint density at radius 1 is 1.39 bits per heavy atom. The second-order valence-electron chi connectivity index (χ2n) is 3.57. The molecule has 0 aliphatic heterocycles. The van der Waals surface area contributed by atoms with Gasteiger partial charge in [-0.25, -0.2) is 4.79 Å². The molecule has 0 spiro atoms. The third kappa shape index (κ3) is 3.49. The van der Waals surface area contributed by atoms with E-state index < -0.39 is 5.97 Å². The molecule has 1 aromatic rings. The van der Waals surface area contributed by atoms with Gasteiger partial charge < -0.3 is 19.9 Å². The number of likely N-dealkylation sites (N-methyl/N-ethyl adjacent to an activating group) is 1. The van der Waals surface area contributed by atoms with Crippen LogP contribution in [0.3, 0.4) is 0 Å². The largest absolute Gasteiger partial charge is 0.497 e. The summed E-state index contributed by atoms with van der Waals surface area (Å²) < 4.78 is 10.4. The summed E-state index contributed by atoms with van der Waals surface area (Å²) in [6.07, 6.45) is 2.66. The Hall–Kier alpha value is -2.01. The zero-order valence-corrected chi connectivity index (χ0v) is 10.6. The van der Waals surface area contributed by atoms with E-state index in [0.29, 0.717) is 11.5 Å². The smallest absolute Gasteiger partial charge is 0.328 e. The fourth-order valence-electron chi connectivity index (χ4n) is 1.61. The van der Waals surface area contributed by atoms with E-state index >= 15 is 0 Å². The first-order valence-corrected chi connectivity index (χ1v) is 5.42. The minimum Gasteiger partial charge on any atom is -0.497 e. The standard InChI is InChI=1S/C13H17NO4/c1-14-11(6-7-13(15)16)10-5-4-9(17-2)8-12(10)18-3/h4-8,11,14H,1-3H3,(H,15,16)/b7-6+. The van der Waals surface area contributed by atoms with Crippen molar-refractivity contribution < 1.29 is 19.4 Å². The Bertz CT molecular complexity index is 443. The zero-order valence-electron chi connectivity index (χ0n) is 10.6. The number of rotatable bonds is 6. The highest BCUT2D eigenvalue weighted by atomic mass is 16.5. The third-order valence-electron chi connectivity index (χ3n) is 2.52. The predicted octanol–water partition coefficient (Wildman–Crippen LogP) is 1.61. The summed E-state index contributed by atoms with van der Waals surface area (Å²) in [7, 11) is 4.89. The van der Waals surface area contributed by atoms with Gasteiger partial charge in [0.1, 0.15) is 11.5 Å². The SMILES string of the molecule is CNC(/C=C/C(=O)O)c1ccc(OC)cc1OC. The highest BCUT2D eigenvalue weighted by Crippen LogP contribution is 2.29. The fraction of sp³-hybridized carbons (Fsp3) is 0.308. The molecule has 1 unspecified atom stereocenters. The maximum absolute atomic E-state index is 10.5. The molecule has 0 fully saturated rings. The average molecular weight is 251 g/mol. The van der Waals surface area contributed by atoms with Gasteiger partial charge in [0.15, 0.2) is 0 Å². The van der Waals surface area contributed by atoms with Crippen LogP contribution in [0.25, 0.3) is 0 Å². The molecule has 0 radical (unpaired) electrons. The van der Waals surface area contributed by atoms with Gasteiger partial charge in [-0.3, -0.25) is 0 Å². The Morgan fingerprint density at radius 3 is 2.61 bits per heavy atom. The molecule has 0 aromatic heterocycles. The van der Waals surface area contributed by atoms with Gasteiger partial charge in [0.25, 0.3) is 0 Å². The van der Waals surface area contributed by atoms with Crippen molar-refractivity contribution in [1.29, 1.82) is 0 Å². The Balaban J connectivity index is 3.08. The molecule has 5 heteroatoms. The summed E-state index contributed by atoms with van der Waals surface area (Å²) in [5.74, 6) is 0.346. The number of hydrogen-bond acceptors (Lipinski definition) is 4. The predicted molar refractivity (Wildman–Crippen MR) is 68.1 cm³/mol. The molecule has 98 valence electrons. The molecule has 0 saturated carbocycles. The van der Waals surface area contributed by atoms with Gasteiger partial charge in [0, 0.05) is 17.7 Å². The molecule has 18 heavy (non-hydrogen) atoms. The van der Waals surface area contributed by atoms with Crippen LogP contribution in [0.4, 0.5) is 0 Å². The molecule has 0 saturated heterocycles. The van der Waals surface area contributed by atoms with Crippen molar-refractivity contribution in [2.45, 2.75) is 6.04 Å².